The van der Waals surface area contributed by atoms with Crippen LogP contribution in [-0.2, 0) is 10.0 Å². The van der Waals surface area contributed by atoms with Gasteiger partial charge in [0, 0.05) is 0 Å². The summed E-state index contributed by atoms with van der Waals surface area (Å²) >= 11 is 5.78. The molecule has 112 valence electrons. The van der Waals surface area contributed by atoms with Crippen LogP contribution in [0.1, 0.15) is 11.1 Å². The number of anilines is 2. The topological polar surface area (TPSA) is 85.1 Å². The van der Waals surface area contributed by atoms with Crippen molar-refractivity contribution >= 4 is 33.0 Å². The number of nitrogens with zero attached hydrogens (tertiary/aromatic N) is 1. The Labute approximate surface area is 127 Å². The lowest BCUT2D eigenvalue weighted by Gasteiger charge is -2.11. The van der Waals surface area contributed by atoms with E-state index in [9.17, 15) is 12.8 Å². The van der Waals surface area contributed by atoms with Gasteiger partial charge in [-0.3, -0.25) is 4.72 Å². The highest BCUT2D eigenvalue weighted by molar-refractivity contribution is 7.92. The molecule has 0 unspecified atom stereocenters. The lowest BCUT2D eigenvalue weighted by Crippen LogP contribution is -2.14. The van der Waals surface area contributed by atoms with E-state index in [1.165, 1.54) is 19.2 Å². The molecule has 1 heterocycles. The summed E-state index contributed by atoms with van der Waals surface area (Å²) in [7, 11) is -3.88. The molecule has 1 aromatic carbocycles. The first-order valence-electron chi connectivity index (χ1n) is 5.91. The Balaban J connectivity index is 2.40. The molecule has 0 fully saturated rings. The molecule has 0 amide bonds. The number of aryl methyl sites for hydroxylation is 2. The maximum atomic E-state index is 13.5. The summed E-state index contributed by atoms with van der Waals surface area (Å²) in [6.45, 7) is 3.14. The van der Waals surface area contributed by atoms with E-state index >= 15 is 0 Å². The monoisotopic (exact) mass is 329 g/mol. The van der Waals surface area contributed by atoms with Crippen molar-refractivity contribution in [1.82, 2.24) is 4.98 Å². The zero-order valence-corrected chi connectivity index (χ0v) is 12.9. The number of hydrogen-bond donors (Lipinski definition) is 2. The minimum atomic E-state index is -3.88. The van der Waals surface area contributed by atoms with E-state index in [2.05, 4.69) is 9.71 Å². The van der Waals surface area contributed by atoms with Crippen molar-refractivity contribution in [2.75, 3.05) is 10.5 Å². The summed E-state index contributed by atoms with van der Waals surface area (Å²) in [5.74, 6) is -0.627. The molecule has 0 saturated heterocycles. The highest BCUT2D eigenvalue weighted by Gasteiger charge is 2.18. The average Bonchev–Trinajstić information content (AvgIpc) is 2.39. The summed E-state index contributed by atoms with van der Waals surface area (Å²) in [6, 6.07) is 3.83. The fourth-order valence-electron chi connectivity index (χ4n) is 1.75. The minimum absolute atomic E-state index is 0.119. The van der Waals surface area contributed by atoms with E-state index in [1.54, 1.807) is 13.0 Å². The van der Waals surface area contributed by atoms with E-state index in [1.807, 2.05) is 0 Å². The van der Waals surface area contributed by atoms with Crippen LogP contribution in [0, 0.1) is 19.7 Å². The van der Waals surface area contributed by atoms with Gasteiger partial charge in [0.25, 0.3) is 10.0 Å². The summed E-state index contributed by atoms with van der Waals surface area (Å²) in [5, 5.41) is 0.291. The van der Waals surface area contributed by atoms with Crippen LogP contribution >= 0.6 is 11.6 Å². The number of pyridine rings is 1. The molecule has 0 aliphatic rings. The molecule has 2 aromatic rings. The average molecular weight is 330 g/mol. The number of benzene rings is 1. The van der Waals surface area contributed by atoms with Gasteiger partial charge in [-0.1, -0.05) is 11.6 Å². The number of sulfonamides is 1. The van der Waals surface area contributed by atoms with Gasteiger partial charge in [-0.2, -0.15) is 0 Å². The lowest BCUT2D eigenvalue weighted by atomic mass is 10.2. The molecule has 0 bridgehead atoms. The number of aromatic nitrogens is 1. The third kappa shape index (κ3) is 3.25. The summed E-state index contributed by atoms with van der Waals surface area (Å²) in [6.07, 6.45) is 1.30. The van der Waals surface area contributed by atoms with E-state index in [0.717, 1.165) is 6.07 Å². The van der Waals surface area contributed by atoms with Gasteiger partial charge < -0.3 is 5.73 Å². The van der Waals surface area contributed by atoms with Crippen LogP contribution in [0.4, 0.5) is 15.8 Å². The normalized spacial score (nSPS) is 11.4. The molecule has 0 atom stereocenters. The molecule has 1 aromatic heterocycles. The lowest BCUT2D eigenvalue weighted by molar-refractivity contribution is 0.599. The molecule has 2 rings (SSSR count). The summed E-state index contributed by atoms with van der Waals surface area (Å²) in [5.41, 5.74) is 6.28. The molecule has 8 heteroatoms. The Bertz CT molecular complexity index is 786. The fraction of sp³-hybridized carbons (Fsp3) is 0.154. The molecule has 0 spiro atoms. The molecular weight excluding hydrogens is 317 g/mol. The maximum Gasteiger partial charge on any atom is 0.262 e. The number of halogens is 2. The Kier molecular flexibility index (Phi) is 4.06. The van der Waals surface area contributed by atoms with Gasteiger partial charge in [0.1, 0.15) is 11.0 Å². The highest BCUT2D eigenvalue weighted by Crippen LogP contribution is 2.24. The highest BCUT2D eigenvalue weighted by atomic mass is 35.5. The Morgan fingerprint density at radius 1 is 1.24 bits per heavy atom. The molecular formula is C13H13ClFN3O2S. The van der Waals surface area contributed by atoms with Crippen molar-refractivity contribution in [3.63, 3.8) is 0 Å². The third-order valence-corrected chi connectivity index (χ3v) is 4.59. The van der Waals surface area contributed by atoms with Crippen molar-refractivity contribution in [2.24, 2.45) is 0 Å². The van der Waals surface area contributed by atoms with Crippen LogP contribution in [-0.4, -0.2) is 13.4 Å². The second-order valence-electron chi connectivity index (χ2n) is 4.58. The predicted molar refractivity (Wildman–Crippen MR) is 80.3 cm³/mol. The van der Waals surface area contributed by atoms with Crippen LogP contribution in [0.25, 0.3) is 0 Å². The number of nitrogens with one attached hydrogen (secondary N) is 1. The van der Waals surface area contributed by atoms with Crippen molar-refractivity contribution in [1.29, 1.82) is 0 Å². The molecule has 21 heavy (non-hydrogen) atoms. The maximum absolute atomic E-state index is 13.5. The molecule has 5 nitrogen and oxygen atoms in total. The first-order valence-corrected chi connectivity index (χ1v) is 7.77. The zero-order valence-electron chi connectivity index (χ0n) is 11.3. The number of hydrogen-bond acceptors (Lipinski definition) is 4. The Morgan fingerprint density at radius 3 is 2.48 bits per heavy atom. The van der Waals surface area contributed by atoms with Gasteiger partial charge in [0.2, 0.25) is 0 Å². The quantitative estimate of drug-likeness (QED) is 0.669. The predicted octanol–water partition coefficient (Wildman–Crippen LogP) is 2.87. The smallest absolute Gasteiger partial charge is 0.262 e. The first kappa shape index (κ1) is 15.5. The first-order chi connectivity index (χ1) is 9.70. The standard InChI is InChI=1S/C13H13ClFN3O2S/c1-7-4-10(5-11(16)12(7)15)21(19,20)18-9-3-8(2)13(14)17-6-9/h3-6,18H,16H2,1-2H3. The number of nitrogens with two attached hydrogens (primary N) is 1. The fourth-order valence-corrected chi connectivity index (χ4v) is 3.00. The van der Waals surface area contributed by atoms with Crippen molar-refractivity contribution in [3.8, 4) is 0 Å². The number of rotatable bonds is 3. The SMILES string of the molecule is Cc1cc(NS(=O)(=O)c2cc(C)c(F)c(N)c2)cnc1Cl. The van der Waals surface area contributed by atoms with Crippen molar-refractivity contribution < 1.29 is 12.8 Å². The van der Waals surface area contributed by atoms with E-state index in [4.69, 9.17) is 17.3 Å². The van der Waals surface area contributed by atoms with Crippen LogP contribution in [0.5, 0.6) is 0 Å². The van der Waals surface area contributed by atoms with Crippen LogP contribution in [0.15, 0.2) is 29.3 Å². The second kappa shape index (κ2) is 5.50. The van der Waals surface area contributed by atoms with E-state index < -0.39 is 15.8 Å². The third-order valence-electron chi connectivity index (χ3n) is 2.83. The van der Waals surface area contributed by atoms with Crippen LogP contribution in [0.2, 0.25) is 5.15 Å². The Hall–Kier alpha value is -1.86. The molecule has 0 aliphatic carbocycles. The van der Waals surface area contributed by atoms with Crippen molar-refractivity contribution in [3.05, 3.63) is 46.5 Å². The molecule has 0 radical (unpaired) electrons. The van der Waals surface area contributed by atoms with Crippen LogP contribution < -0.4 is 10.5 Å². The van der Waals surface area contributed by atoms with Crippen molar-refractivity contribution in [2.45, 2.75) is 18.7 Å². The zero-order chi connectivity index (χ0) is 15.8. The second-order valence-corrected chi connectivity index (χ2v) is 6.62. The van der Waals surface area contributed by atoms with Gasteiger partial charge in [0.15, 0.2) is 0 Å². The van der Waals surface area contributed by atoms with Gasteiger partial charge in [-0.05, 0) is 43.2 Å². The summed E-state index contributed by atoms with van der Waals surface area (Å²) < 4.78 is 40.3. The largest absolute Gasteiger partial charge is 0.396 e. The van der Waals surface area contributed by atoms with Gasteiger partial charge >= 0.3 is 0 Å². The van der Waals surface area contributed by atoms with Crippen LogP contribution in [0.3, 0.4) is 0 Å². The van der Waals surface area contributed by atoms with E-state index in [-0.39, 0.29) is 21.8 Å². The molecule has 0 aliphatic heterocycles. The van der Waals surface area contributed by atoms with Gasteiger partial charge in [-0.25, -0.2) is 17.8 Å². The van der Waals surface area contributed by atoms with E-state index in [0.29, 0.717) is 10.7 Å². The Morgan fingerprint density at radius 2 is 1.90 bits per heavy atom. The van der Waals surface area contributed by atoms with Gasteiger partial charge in [-0.15, -0.1) is 0 Å². The number of nitrogen functional groups attached to an aromatic ring is 1. The summed E-state index contributed by atoms with van der Waals surface area (Å²) in [4.78, 5) is 3.74. The molecule has 3 N–H and O–H groups in total. The molecule has 0 saturated carbocycles. The van der Waals surface area contributed by atoms with Gasteiger partial charge in [0.05, 0.1) is 22.5 Å². The minimum Gasteiger partial charge on any atom is -0.396 e.